The Morgan fingerprint density at radius 3 is 2.67 bits per heavy atom. The van der Waals surface area contributed by atoms with Crippen LogP contribution < -0.4 is 4.74 Å². The van der Waals surface area contributed by atoms with Gasteiger partial charge in [-0.2, -0.15) is 5.10 Å². The Bertz CT molecular complexity index is 869. The van der Waals surface area contributed by atoms with Crippen molar-refractivity contribution in [2.24, 2.45) is 0 Å². The van der Waals surface area contributed by atoms with Gasteiger partial charge < -0.3 is 9.47 Å². The first-order valence-electron chi connectivity index (χ1n) is 8.16. The maximum absolute atomic E-state index is 14.2. The molecule has 0 N–H and O–H groups in total. The minimum atomic E-state index is -0.257. The Morgan fingerprint density at radius 2 is 1.92 bits per heavy atom. The first kappa shape index (κ1) is 15.1. The summed E-state index contributed by atoms with van der Waals surface area (Å²) in [6, 6.07) is 11.0. The summed E-state index contributed by atoms with van der Waals surface area (Å²) in [6.07, 6.45) is 3.72. The molecule has 4 nitrogen and oxygen atoms in total. The predicted octanol–water partition coefficient (Wildman–Crippen LogP) is 4.20. The molecule has 3 aromatic rings. The lowest BCUT2D eigenvalue weighted by Crippen LogP contribution is -2.20. The fourth-order valence-corrected chi connectivity index (χ4v) is 3.43. The molecule has 0 spiro atoms. The summed E-state index contributed by atoms with van der Waals surface area (Å²) >= 11 is 0. The third kappa shape index (κ3) is 2.45. The molecule has 0 saturated carbocycles. The quantitative estimate of drug-likeness (QED) is 0.723. The van der Waals surface area contributed by atoms with Gasteiger partial charge >= 0.3 is 0 Å². The Morgan fingerprint density at radius 1 is 1.12 bits per heavy atom. The highest BCUT2D eigenvalue weighted by atomic mass is 19.1. The van der Waals surface area contributed by atoms with Crippen LogP contribution in [0.4, 0.5) is 4.39 Å². The minimum absolute atomic E-state index is 0.257. The average Bonchev–Trinajstić information content (AvgIpc) is 3.06. The lowest BCUT2D eigenvalue weighted by Gasteiger charge is -2.23. The summed E-state index contributed by atoms with van der Waals surface area (Å²) in [5.74, 6) is 0.405. The van der Waals surface area contributed by atoms with Crippen LogP contribution in [0.15, 0.2) is 42.6 Å². The van der Waals surface area contributed by atoms with E-state index in [-0.39, 0.29) is 5.82 Å². The molecule has 2 heterocycles. The van der Waals surface area contributed by atoms with Gasteiger partial charge in [0.2, 0.25) is 0 Å². The van der Waals surface area contributed by atoms with E-state index in [2.05, 4.69) is 5.10 Å². The number of rotatable bonds is 3. The van der Waals surface area contributed by atoms with Crippen molar-refractivity contribution < 1.29 is 13.9 Å². The SMILES string of the molecule is COc1c(-c2ccccc2F)ccc2c1cnn2C1CCOCC1. The second kappa shape index (κ2) is 6.24. The molecular formula is C19H19FN2O2. The molecule has 0 unspecified atom stereocenters. The molecule has 1 fully saturated rings. The van der Waals surface area contributed by atoms with E-state index in [1.54, 1.807) is 19.2 Å². The molecule has 1 aromatic heterocycles. The monoisotopic (exact) mass is 326 g/mol. The predicted molar refractivity (Wildman–Crippen MR) is 90.8 cm³/mol. The number of hydrogen-bond donors (Lipinski definition) is 0. The van der Waals surface area contributed by atoms with Gasteiger partial charge in [0.1, 0.15) is 11.6 Å². The summed E-state index contributed by atoms with van der Waals surface area (Å²) in [5, 5.41) is 5.48. The van der Waals surface area contributed by atoms with Gasteiger partial charge in [0, 0.05) is 24.3 Å². The molecule has 24 heavy (non-hydrogen) atoms. The van der Waals surface area contributed by atoms with E-state index < -0.39 is 0 Å². The number of nitrogens with zero attached hydrogens (tertiary/aromatic N) is 2. The molecule has 1 aliphatic heterocycles. The number of fused-ring (bicyclic) bond motifs is 1. The molecule has 0 atom stereocenters. The summed E-state index contributed by atoms with van der Waals surface area (Å²) in [4.78, 5) is 0. The molecule has 124 valence electrons. The van der Waals surface area contributed by atoms with Crippen LogP contribution in [0.5, 0.6) is 5.75 Å². The first-order valence-corrected chi connectivity index (χ1v) is 8.16. The van der Waals surface area contributed by atoms with E-state index in [0.29, 0.717) is 17.4 Å². The largest absolute Gasteiger partial charge is 0.495 e. The highest BCUT2D eigenvalue weighted by Gasteiger charge is 2.21. The van der Waals surface area contributed by atoms with Crippen LogP contribution in [-0.2, 0) is 4.74 Å². The number of ether oxygens (including phenoxy) is 2. The zero-order chi connectivity index (χ0) is 16.5. The van der Waals surface area contributed by atoms with Crippen molar-refractivity contribution in [2.45, 2.75) is 18.9 Å². The molecule has 4 rings (SSSR count). The summed E-state index contributed by atoms with van der Waals surface area (Å²) in [5.41, 5.74) is 2.29. The summed E-state index contributed by atoms with van der Waals surface area (Å²) in [7, 11) is 1.62. The van der Waals surface area contributed by atoms with Gasteiger partial charge in [-0.05, 0) is 31.0 Å². The second-order valence-corrected chi connectivity index (χ2v) is 5.99. The van der Waals surface area contributed by atoms with E-state index in [1.165, 1.54) is 6.07 Å². The van der Waals surface area contributed by atoms with E-state index >= 15 is 0 Å². The van der Waals surface area contributed by atoms with E-state index in [4.69, 9.17) is 9.47 Å². The molecule has 0 amide bonds. The fraction of sp³-hybridized carbons (Fsp3) is 0.316. The van der Waals surface area contributed by atoms with Crippen LogP contribution in [0.1, 0.15) is 18.9 Å². The number of benzene rings is 2. The molecule has 2 aromatic carbocycles. The van der Waals surface area contributed by atoms with Gasteiger partial charge in [-0.1, -0.05) is 18.2 Å². The van der Waals surface area contributed by atoms with Gasteiger partial charge in [0.25, 0.3) is 0 Å². The van der Waals surface area contributed by atoms with Crippen LogP contribution in [0.25, 0.3) is 22.0 Å². The topological polar surface area (TPSA) is 36.3 Å². The van der Waals surface area contributed by atoms with Crippen molar-refractivity contribution >= 4 is 10.9 Å². The molecule has 1 aliphatic rings. The lowest BCUT2D eigenvalue weighted by molar-refractivity contribution is 0.0675. The van der Waals surface area contributed by atoms with Gasteiger partial charge in [-0.3, -0.25) is 4.68 Å². The average molecular weight is 326 g/mol. The smallest absolute Gasteiger partial charge is 0.137 e. The zero-order valence-corrected chi connectivity index (χ0v) is 13.5. The summed E-state index contributed by atoms with van der Waals surface area (Å²) in [6.45, 7) is 1.52. The van der Waals surface area contributed by atoms with Crippen molar-refractivity contribution in [3.8, 4) is 16.9 Å². The Balaban J connectivity index is 1.86. The van der Waals surface area contributed by atoms with Gasteiger partial charge in [-0.15, -0.1) is 0 Å². The van der Waals surface area contributed by atoms with Crippen LogP contribution in [0.3, 0.4) is 0 Å². The highest BCUT2D eigenvalue weighted by molar-refractivity contribution is 5.93. The second-order valence-electron chi connectivity index (χ2n) is 5.99. The molecule has 1 saturated heterocycles. The van der Waals surface area contributed by atoms with Crippen molar-refractivity contribution in [3.05, 3.63) is 48.4 Å². The van der Waals surface area contributed by atoms with Crippen LogP contribution in [-0.4, -0.2) is 30.1 Å². The highest BCUT2D eigenvalue weighted by Crippen LogP contribution is 2.39. The lowest BCUT2D eigenvalue weighted by atomic mass is 10.0. The van der Waals surface area contributed by atoms with Crippen molar-refractivity contribution in [1.82, 2.24) is 9.78 Å². The standard InChI is InChI=1S/C19H19FN2O2/c1-23-19-15(14-4-2-3-5-17(14)20)6-7-18-16(19)12-21-22(18)13-8-10-24-11-9-13/h2-7,12-13H,8-11H2,1H3. The number of hydrogen-bond acceptors (Lipinski definition) is 3. The Hall–Kier alpha value is -2.40. The minimum Gasteiger partial charge on any atom is -0.495 e. The van der Waals surface area contributed by atoms with Crippen molar-refractivity contribution in [2.75, 3.05) is 20.3 Å². The van der Waals surface area contributed by atoms with Gasteiger partial charge in [-0.25, -0.2) is 4.39 Å². The summed E-state index contributed by atoms with van der Waals surface area (Å²) < 4.78 is 27.3. The van der Waals surface area contributed by atoms with E-state index in [1.807, 2.05) is 29.1 Å². The van der Waals surface area contributed by atoms with Crippen LogP contribution in [0.2, 0.25) is 0 Å². The van der Waals surface area contributed by atoms with Gasteiger partial charge in [0.15, 0.2) is 0 Å². The number of aromatic nitrogens is 2. The number of methoxy groups -OCH3 is 1. The molecular weight excluding hydrogens is 307 g/mol. The first-order chi connectivity index (χ1) is 11.8. The van der Waals surface area contributed by atoms with Crippen molar-refractivity contribution in [1.29, 1.82) is 0 Å². The molecule has 5 heteroatoms. The maximum Gasteiger partial charge on any atom is 0.137 e. The maximum atomic E-state index is 14.2. The fourth-order valence-electron chi connectivity index (χ4n) is 3.43. The molecule has 0 bridgehead atoms. The van der Waals surface area contributed by atoms with Gasteiger partial charge in [0.05, 0.1) is 30.3 Å². The normalized spacial score (nSPS) is 15.8. The third-order valence-corrected chi connectivity index (χ3v) is 4.64. The Labute approximate surface area is 139 Å². The Kier molecular flexibility index (Phi) is 3.94. The van der Waals surface area contributed by atoms with Crippen molar-refractivity contribution in [3.63, 3.8) is 0 Å². The van der Waals surface area contributed by atoms with E-state index in [0.717, 1.165) is 42.5 Å². The number of halogens is 1. The molecule has 0 radical (unpaired) electrons. The van der Waals surface area contributed by atoms with E-state index in [9.17, 15) is 4.39 Å². The van der Waals surface area contributed by atoms with Crippen LogP contribution in [0, 0.1) is 5.82 Å². The third-order valence-electron chi connectivity index (χ3n) is 4.64. The molecule has 0 aliphatic carbocycles. The zero-order valence-electron chi connectivity index (χ0n) is 13.5. The van der Waals surface area contributed by atoms with Crippen LogP contribution >= 0.6 is 0 Å².